The minimum absolute atomic E-state index is 0.0301. The zero-order valence-electron chi connectivity index (χ0n) is 12.9. The van der Waals surface area contributed by atoms with Crippen molar-refractivity contribution in [2.24, 2.45) is 5.92 Å². The predicted molar refractivity (Wildman–Crippen MR) is 88.4 cm³/mol. The average Bonchev–Trinajstić information content (AvgIpc) is 2.98. The fourth-order valence-electron chi connectivity index (χ4n) is 3.76. The van der Waals surface area contributed by atoms with Gasteiger partial charge in [-0.2, -0.15) is 4.37 Å². The van der Waals surface area contributed by atoms with E-state index >= 15 is 0 Å². The monoisotopic (exact) mass is 333 g/mol. The van der Waals surface area contributed by atoms with Crippen LogP contribution in [-0.4, -0.2) is 47.7 Å². The van der Waals surface area contributed by atoms with Gasteiger partial charge in [-0.25, -0.2) is 0 Å². The van der Waals surface area contributed by atoms with Crippen molar-refractivity contribution in [3.63, 3.8) is 0 Å². The van der Waals surface area contributed by atoms with E-state index in [2.05, 4.69) is 9.69 Å². The SMILES string of the molecule is COc1ccc2c(C(=O)N[C@H]3C[N+]4([O-])CCC3CC4)nsc2c1. The van der Waals surface area contributed by atoms with E-state index in [4.69, 9.17) is 4.74 Å². The Morgan fingerprint density at radius 3 is 2.91 bits per heavy atom. The highest BCUT2D eigenvalue weighted by atomic mass is 32.1. The van der Waals surface area contributed by atoms with Crippen LogP contribution in [0.5, 0.6) is 5.75 Å². The van der Waals surface area contributed by atoms with E-state index < -0.39 is 0 Å². The number of methoxy groups -OCH3 is 1. The molecule has 23 heavy (non-hydrogen) atoms. The number of nitrogens with zero attached hydrogens (tertiary/aromatic N) is 2. The summed E-state index contributed by atoms with van der Waals surface area (Å²) in [4.78, 5) is 12.6. The van der Waals surface area contributed by atoms with Gasteiger partial charge in [-0.3, -0.25) is 4.79 Å². The highest BCUT2D eigenvalue weighted by Gasteiger charge is 2.42. The van der Waals surface area contributed by atoms with Gasteiger partial charge in [0.2, 0.25) is 0 Å². The number of fused-ring (bicyclic) bond motifs is 4. The number of benzene rings is 1. The number of amides is 1. The van der Waals surface area contributed by atoms with Crippen LogP contribution in [0, 0.1) is 11.1 Å². The van der Waals surface area contributed by atoms with Gasteiger partial charge in [-0.1, -0.05) is 0 Å². The Hall–Kier alpha value is -1.70. The normalized spacial score (nSPS) is 29.7. The van der Waals surface area contributed by atoms with Crippen molar-refractivity contribution >= 4 is 27.5 Å². The van der Waals surface area contributed by atoms with Crippen molar-refractivity contribution in [3.05, 3.63) is 29.1 Å². The summed E-state index contributed by atoms with van der Waals surface area (Å²) >= 11 is 1.29. The van der Waals surface area contributed by atoms with Crippen LogP contribution >= 0.6 is 11.5 Å². The second-order valence-corrected chi connectivity index (χ2v) is 7.30. The summed E-state index contributed by atoms with van der Waals surface area (Å²) in [7, 11) is 1.62. The second kappa shape index (κ2) is 5.43. The molecule has 5 rings (SSSR count). The standard InChI is InChI=1S/C16H19N3O3S/c1-22-11-2-3-12-14(8-11)23-18-15(12)16(20)17-13-9-19(21)6-4-10(13)5-7-19/h2-3,8,10,13H,4-7,9H2,1H3,(H,17,20)/t10?,13-,19?/m0/s1. The maximum atomic E-state index is 12.6. The lowest BCUT2D eigenvalue weighted by Gasteiger charge is -2.55. The van der Waals surface area contributed by atoms with Crippen molar-refractivity contribution in [2.75, 3.05) is 26.7 Å². The molecular weight excluding hydrogens is 314 g/mol. The van der Waals surface area contributed by atoms with Crippen LogP contribution in [0.3, 0.4) is 0 Å². The summed E-state index contributed by atoms with van der Waals surface area (Å²) in [6.07, 6.45) is 1.81. The molecule has 3 aliphatic heterocycles. The van der Waals surface area contributed by atoms with Gasteiger partial charge in [-0.15, -0.1) is 0 Å². The number of ether oxygens (including phenoxy) is 1. The molecule has 3 saturated heterocycles. The van der Waals surface area contributed by atoms with E-state index in [9.17, 15) is 10.0 Å². The van der Waals surface area contributed by atoms with Crippen LogP contribution < -0.4 is 10.1 Å². The summed E-state index contributed by atoms with van der Waals surface area (Å²) in [6, 6.07) is 5.55. The molecule has 3 aliphatic rings. The molecule has 0 radical (unpaired) electrons. The first-order chi connectivity index (χ1) is 11.1. The van der Waals surface area contributed by atoms with E-state index in [-0.39, 0.29) is 16.6 Å². The van der Waals surface area contributed by atoms with Gasteiger partial charge >= 0.3 is 0 Å². The summed E-state index contributed by atoms with van der Waals surface area (Å²) in [6.45, 7) is 1.87. The Morgan fingerprint density at radius 1 is 1.43 bits per heavy atom. The number of quaternary nitrogens is 1. The van der Waals surface area contributed by atoms with Crippen molar-refractivity contribution in [2.45, 2.75) is 18.9 Å². The minimum Gasteiger partial charge on any atom is -0.633 e. The summed E-state index contributed by atoms with van der Waals surface area (Å²) < 4.78 is 10.3. The Labute approximate surface area is 138 Å². The molecule has 122 valence electrons. The first-order valence-corrected chi connectivity index (χ1v) is 8.67. The van der Waals surface area contributed by atoms with Gasteiger partial charge in [0.05, 0.1) is 37.5 Å². The number of carbonyl (C=O) groups is 1. The molecule has 1 atom stereocenters. The predicted octanol–water partition coefficient (Wildman–Crippen LogP) is 2.14. The fourth-order valence-corrected chi connectivity index (χ4v) is 4.56. The van der Waals surface area contributed by atoms with E-state index in [0.717, 1.165) is 28.7 Å². The van der Waals surface area contributed by atoms with Gasteiger partial charge in [0.15, 0.2) is 0 Å². The third-order valence-corrected chi connectivity index (χ3v) is 5.93. The molecule has 6 nitrogen and oxygen atoms in total. The lowest BCUT2D eigenvalue weighted by molar-refractivity contribution is -0.898. The molecule has 3 fully saturated rings. The largest absolute Gasteiger partial charge is 0.633 e. The van der Waals surface area contributed by atoms with E-state index in [1.54, 1.807) is 7.11 Å². The van der Waals surface area contributed by atoms with Crippen LogP contribution in [0.1, 0.15) is 23.3 Å². The fraction of sp³-hybridized carbons (Fsp3) is 0.500. The topological polar surface area (TPSA) is 74.3 Å². The summed E-state index contributed by atoms with van der Waals surface area (Å²) in [5.41, 5.74) is 0.446. The maximum Gasteiger partial charge on any atom is 0.272 e. The molecule has 0 unspecified atom stereocenters. The van der Waals surface area contributed by atoms with Crippen molar-refractivity contribution < 1.29 is 14.2 Å². The first-order valence-electron chi connectivity index (χ1n) is 7.89. The van der Waals surface area contributed by atoms with Gasteiger partial charge in [0, 0.05) is 18.2 Å². The average molecular weight is 333 g/mol. The number of piperidine rings is 3. The number of nitrogens with one attached hydrogen (secondary N) is 1. The van der Waals surface area contributed by atoms with Gasteiger partial charge < -0.3 is 19.9 Å². The van der Waals surface area contributed by atoms with Crippen LogP contribution in [0.25, 0.3) is 10.1 Å². The Kier molecular flexibility index (Phi) is 3.51. The number of hydroxylamine groups is 3. The molecular formula is C16H19N3O3S. The number of aromatic nitrogens is 1. The Morgan fingerprint density at radius 2 is 2.22 bits per heavy atom. The summed E-state index contributed by atoms with van der Waals surface area (Å²) in [5, 5.41) is 16.3. The third kappa shape index (κ3) is 2.58. The smallest absolute Gasteiger partial charge is 0.272 e. The van der Waals surface area contributed by atoms with E-state index in [1.165, 1.54) is 11.5 Å². The highest BCUT2D eigenvalue weighted by Crippen LogP contribution is 2.33. The maximum absolute atomic E-state index is 12.6. The number of hydrogen-bond donors (Lipinski definition) is 1. The minimum atomic E-state index is -0.174. The quantitative estimate of drug-likeness (QED) is 0.690. The molecule has 0 saturated carbocycles. The molecule has 7 heteroatoms. The van der Waals surface area contributed by atoms with Crippen LogP contribution in [0.15, 0.2) is 18.2 Å². The molecule has 1 aromatic carbocycles. The van der Waals surface area contributed by atoms with Gasteiger partial charge in [0.1, 0.15) is 11.4 Å². The molecule has 1 aromatic heterocycles. The number of carbonyl (C=O) groups excluding carboxylic acids is 1. The van der Waals surface area contributed by atoms with Gasteiger partial charge in [-0.05, 0) is 35.6 Å². The van der Waals surface area contributed by atoms with Crippen molar-refractivity contribution in [3.8, 4) is 5.75 Å². The highest BCUT2D eigenvalue weighted by molar-refractivity contribution is 7.13. The van der Waals surface area contributed by atoms with Crippen molar-refractivity contribution in [1.82, 2.24) is 9.69 Å². The first kappa shape index (κ1) is 14.9. The van der Waals surface area contributed by atoms with Crippen LogP contribution in [0.4, 0.5) is 0 Å². The van der Waals surface area contributed by atoms with Crippen molar-refractivity contribution in [1.29, 1.82) is 0 Å². The molecule has 0 aliphatic carbocycles. The molecule has 2 bridgehead atoms. The molecule has 0 spiro atoms. The van der Waals surface area contributed by atoms with E-state index in [1.807, 2.05) is 18.2 Å². The Balaban J connectivity index is 1.56. The zero-order chi connectivity index (χ0) is 16.0. The molecule has 1 amide bonds. The lowest BCUT2D eigenvalue weighted by atomic mass is 9.83. The second-order valence-electron chi connectivity index (χ2n) is 6.50. The van der Waals surface area contributed by atoms with Gasteiger partial charge in [0.25, 0.3) is 5.91 Å². The number of rotatable bonds is 3. The van der Waals surface area contributed by atoms with Crippen LogP contribution in [-0.2, 0) is 0 Å². The Bertz CT molecular complexity index is 752. The van der Waals surface area contributed by atoms with E-state index in [0.29, 0.717) is 31.2 Å². The summed E-state index contributed by atoms with van der Waals surface area (Å²) in [5.74, 6) is 1.01. The molecule has 1 N–H and O–H groups in total. The molecule has 2 aromatic rings. The zero-order valence-corrected chi connectivity index (χ0v) is 13.8. The number of hydrogen-bond acceptors (Lipinski definition) is 5. The third-order valence-electron chi connectivity index (χ3n) is 5.12. The lowest BCUT2D eigenvalue weighted by Crippen LogP contribution is -2.64. The molecule has 4 heterocycles. The van der Waals surface area contributed by atoms with Crippen LogP contribution in [0.2, 0.25) is 0 Å².